The molecule has 1 heterocycles. The van der Waals surface area contributed by atoms with Gasteiger partial charge in [0.05, 0.1) is 6.17 Å². The molecule has 0 saturated heterocycles. The first-order chi connectivity index (χ1) is 6.54. The van der Waals surface area contributed by atoms with Crippen LogP contribution in [0.1, 0.15) is 27.2 Å². The molecule has 0 aromatic rings. The molecule has 0 aromatic heterocycles. The van der Waals surface area contributed by atoms with E-state index in [-0.39, 0.29) is 6.17 Å². The van der Waals surface area contributed by atoms with E-state index in [4.69, 9.17) is 5.11 Å². The Morgan fingerprint density at radius 3 is 2.43 bits per heavy atom. The molecule has 4 nitrogen and oxygen atoms in total. The predicted octanol–water partition coefficient (Wildman–Crippen LogP) is 1.31. The maximum absolute atomic E-state index is 11.1. The van der Waals surface area contributed by atoms with Crippen molar-refractivity contribution in [1.29, 1.82) is 0 Å². The Bertz CT molecular complexity index is 273. The third-order valence-electron chi connectivity index (χ3n) is 2.86. The predicted molar refractivity (Wildman–Crippen MR) is 54.6 cm³/mol. The highest BCUT2D eigenvalue weighted by Gasteiger charge is 2.34. The maximum atomic E-state index is 11.1. The van der Waals surface area contributed by atoms with Gasteiger partial charge in [0.25, 0.3) is 0 Å². The van der Waals surface area contributed by atoms with Crippen LogP contribution in [0.3, 0.4) is 0 Å². The molecule has 0 aliphatic carbocycles. The van der Waals surface area contributed by atoms with Crippen molar-refractivity contribution in [1.82, 2.24) is 9.80 Å². The van der Waals surface area contributed by atoms with Crippen molar-refractivity contribution in [3.05, 3.63) is 11.4 Å². The summed E-state index contributed by atoms with van der Waals surface area (Å²) in [6, 6.07) is 0. The van der Waals surface area contributed by atoms with E-state index in [2.05, 4.69) is 4.90 Å². The Balaban J connectivity index is 3.11. The minimum absolute atomic E-state index is 0.154. The van der Waals surface area contributed by atoms with Gasteiger partial charge in [-0.05, 0) is 20.3 Å². The highest BCUT2D eigenvalue weighted by atomic mass is 16.4. The molecule has 0 radical (unpaired) electrons. The molecule has 80 valence electrons. The van der Waals surface area contributed by atoms with Gasteiger partial charge in [-0.2, -0.15) is 0 Å². The Kier molecular flexibility index (Phi) is 3.03. The van der Waals surface area contributed by atoms with Crippen LogP contribution in [-0.2, 0) is 4.79 Å². The molecular weight excluding hydrogens is 180 g/mol. The van der Waals surface area contributed by atoms with Crippen LogP contribution in [0.2, 0.25) is 0 Å². The summed E-state index contributed by atoms with van der Waals surface area (Å²) in [5.74, 6) is -0.827. The number of hydrogen-bond acceptors (Lipinski definition) is 3. The van der Waals surface area contributed by atoms with Gasteiger partial charge < -0.3 is 14.9 Å². The molecule has 1 atom stereocenters. The summed E-state index contributed by atoms with van der Waals surface area (Å²) < 4.78 is 0. The van der Waals surface area contributed by atoms with E-state index in [9.17, 15) is 4.79 Å². The SMILES string of the molecule is CCC1=C(C(=O)O)N(C)C(C)N1CC. The van der Waals surface area contributed by atoms with Crippen molar-refractivity contribution in [3.63, 3.8) is 0 Å². The Labute approximate surface area is 84.8 Å². The van der Waals surface area contributed by atoms with Crippen LogP contribution < -0.4 is 0 Å². The summed E-state index contributed by atoms with van der Waals surface area (Å²) in [4.78, 5) is 15.0. The number of allylic oxidation sites excluding steroid dienone is 1. The lowest BCUT2D eigenvalue weighted by atomic mass is 10.2. The zero-order valence-electron chi connectivity index (χ0n) is 9.24. The molecular formula is C10H18N2O2. The second kappa shape index (κ2) is 3.90. The highest BCUT2D eigenvalue weighted by Crippen LogP contribution is 2.29. The van der Waals surface area contributed by atoms with Gasteiger partial charge in [-0.25, -0.2) is 4.79 Å². The van der Waals surface area contributed by atoms with Gasteiger partial charge in [-0.15, -0.1) is 0 Å². The zero-order chi connectivity index (χ0) is 10.9. The molecule has 0 saturated carbocycles. The van der Waals surface area contributed by atoms with Gasteiger partial charge in [0.2, 0.25) is 0 Å². The van der Waals surface area contributed by atoms with Crippen molar-refractivity contribution in [3.8, 4) is 0 Å². The summed E-state index contributed by atoms with van der Waals surface area (Å²) in [6.07, 6.45) is 0.922. The zero-order valence-corrected chi connectivity index (χ0v) is 9.24. The van der Waals surface area contributed by atoms with Gasteiger partial charge in [0, 0.05) is 19.3 Å². The second-order valence-electron chi connectivity index (χ2n) is 3.48. The third kappa shape index (κ3) is 1.45. The minimum Gasteiger partial charge on any atom is -0.477 e. The molecule has 1 aliphatic heterocycles. The van der Waals surface area contributed by atoms with Crippen molar-refractivity contribution >= 4 is 5.97 Å². The van der Waals surface area contributed by atoms with Crippen LogP contribution >= 0.6 is 0 Å². The number of nitrogens with zero attached hydrogens (tertiary/aromatic N) is 2. The standard InChI is InChI=1S/C10H18N2O2/c1-5-8-9(10(13)14)11(4)7(3)12(8)6-2/h7H,5-6H2,1-4H3,(H,13,14). The van der Waals surface area contributed by atoms with Gasteiger partial charge in [-0.1, -0.05) is 6.92 Å². The molecule has 0 amide bonds. The number of aliphatic carboxylic acids is 1. The monoisotopic (exact) mass is 198 g/mol. The van der Waals surface area contributed by atoms with Gasteiger partial charge in [-0.3, -0.25) is 0 Å². The molecule has 1 N–H and O–H groups in total. The Morgan fingerprint density at radius 1 is 1.50 bits per heavy atom. The van der Waals surface area contributed by atoms with Crippen molar-refractivity contribution < 1.29 is 9.90 Å². The first kappa shape index (κ1) is 10.9. The molecule has 0 fully saturated rings. The topological polar surface area (TPSA) is 43.8 Å². The van der Waals surface area contributed by atoms with E-state index in [0.29, 0.717) is 5.70 Å². The molecule has 0 bridgehead atoms. The Hall–Kier alpha value is -1.19. The van der Waals surface area contributed by atoms with E-state index in [1.54, 1.807) is 0 Å². The first-order valence-corrected chi connectivity index (χ1v) is 5.00. The maximum Gasteiger partial charge on any atom is 0.354 e. The van der Waals surface area contributed by atoms with Gasteiger partial charge in [0.15, 0.2) is 0 Å². The number of carboxylic acid groups (broad SMARTS) is 1. The fourth-order valence-corrected chi connectivity index (χ4v) is 2.06. The van der Waals surface area contributed by atoms with Crippen LogP contribution in [0.15, 0.2) is 11.4 Å². The average molecular weight is 198 g/mol. The molecule has 4 heteroatoms. The summed E-state index contributed by atoms with van der Waals surface area (Å²) >= 11 is 0. The number of likely N-dealkylation sites (N-methyl/N-ethyl adjacent to an activating group) is 1. The van der Waals surface area contributed by atoms with E-state index in [0.717, 1.165) is 18.7 Å². The van der Waals surface area contributed by atoms with Gasteiger partial charge in [0.1, 0.15) is 5.70 Å². The lowest BCUT2D eigenvalue weighted by Gasteiger charge is -2.28. The van der Waals surface area contributed by atoms with E-state index in [1.807, 2.05) is 32.7 Å². The summed E-state index contributed by atoms with van der Waals surface area (Å²) in [5, 5.41) is 9.09. The lowest BCUT2D eigenvalue weighted by molar-refractivity contribution is -0.134. The van der Waals surface area contributed by atoms with E-state index >= 15 is 0 Å². The van der Waals surface area contributed by atoms with E-state index < -0.39 is 5.97 Å². The van der Waals surface area contributed by atoms with Gasteiger partial charge >= 0.3 is 5.97 Å². The molecule has 0 aromatic carbocycles. The van der Waals surface area contributed by atoms with Crippen LogP contribution in [0.4, 0.5) is 0 Å². The smallest absolute Gasteiger partial charge is 0.354 e. The summed E-state index contributed by atoms with van der Waals surface area (Å²) in [7, 11) is 1.83. The number of rotatable bonds is 3. The number of carboxylic acids is 1. The average Bonchev–Trinajstić information content (AvgIpc) is 2.39. The Morgan fingerprint density at radius 2 is 2.07 bits per heavy atom. The van der Waals surface area contributed by atoms with Crippen LogP contribution in [0.25, 0.3) is 0 Å². The highest BCUT2D eigenvalue weighted by molar-refractivity contribution is 5.87. The minimum atomic E-state index is -0.827. The number of carbonyl (C=O) groups is 1. The van der Waals surface area contributed by atoms with Crippen molar-refractivity contribution in [2.45, 2.75) is 33.4 Å². The molecule has 1 rings (SSSR count). The van der Waals surface area contributed by atoms with E-state index in [1.165, 1.54) is 0 Å². The lowest BCUT2D eigenvalue weighted by Crippen LogP contribution is -2.36. The number of hydrogen-bond donors (Lipinski definition) is 1. The van der Waals surface area contributed by atoms with Crippen molar-refractivity contribution in [2.75, 3.05) is 13.6 Å². The molecule has 1 aliphatic rings. The largest absolute Gasteiger partial charge is 0.477 e. The third-order valence-corrected chi connectivity index (χ3v) is 2.86. The molecule has 1 unspecified atom stereocenters. The van der Waals surface area contributed by atoms with Crippen LogP contribution in [-0.4, -0.2) is 40.6 Å². The summed E-state index contributed by atoms with van der Waals surface area (Å²) in [5.41, 5.74) is 1.39. The first-order valence-electron chi connectivity index (χ1n) is 5.00. The normalized spacial score (nSPS) is 22.1. The molecule has 14 heavy (non-hydrogen) atoms. The second-order valence-corrected chi connectivity index (χ2v) is 3.48. The summed E-state index contributed by atoms with van der Waals surface area (Å²) in [6.45, 7) is 6.91. The molecule has 0 spiro atoms. The van der Waals surface area contributed by atoms with Crippen LogP contribution in [0.5, 0.6) is 0 Å². The fourth-order valence-electron chi connectivity index (χ4n) is 2.06. The fraction of sp³-hybridized carbons (Fsp3) is 0.700. The van der Waals surface area contributed by atoms with Crippen LogP contribution in [0, 0.1) is 0 Å². The quantitative estimate of drug-likeness (QED) is 0.742. The van der Waals surface area contributed by atoms with Crippen molar-refractivity contribution in [2.24, 2.45) is 0 Å².